The number of ether oxygens (including phenoxy) is 1. The largest absolute Gasteiger partial charge is 0.472 e. The molecule has 0 spiro atoms. The number of likely N-dealkylation sites (N-methyl/N-ethyl adjacent to an activating group) is 1. The fourth-order valence-electron chi connectivity index (χ4n) is 3.21. The van der Waals surface area contributed by atoms with Gasteiger partial charge in [-0.15, -0.1) is 0 Å². The van der Waals surface area contributed by atoms with Crippen molar-refractivity contribution in [2.45, 2.75) is 116 Å². The highest BCUT2D eigenvalue weighted by Crippen LogP contribution is 2.43. The van der Waals surface area contributed by atoms with E-state index in [1.807, 2.05) is 21.1 Å². The van der Waals surface area contributed by atoms with Gasteiger partial charge in [0, 0.05) is 12.1 Å². The first-order valence-electron chi connectivity index (χ1n) is 15.3. The molecule has 7 nitrogen and oxygen atoms in total. The summed E-state index contributed by atoms with van der Waals surface area (Å²) < 4.78 is 60.5. The molecular formula is C26H57NO6P+. The highest BCUT2D eigenvalue weighted by Gasteiger charge is 2.24. The SMILES string of the molecule is [2H]C([2H])(CCCCCCCCC)C([2H])([2H])CCCCCCCOC[C@@H](O)COP(=O)(O)OCC[N+](C)(C)C. The van der Waals surface area contributed by atoms with Gasteiger partial charge in [-0.25, -0.2) is 4.57 Å². The van der Waals surface area contributed by atoms with Crippen molar-refractivity contribution in [2.24, 2.45) is 0 Å². The van der Waals surface area contributed by atoms with Crippen molar-refractivity contribution in [1.29, 1.82) is 0 Å². The fourth-order valence-corrected chi connectivity index (χ4v) is 3.96. The molecule has 0 aromatic rings. The van der Waals surface area contributed by atoms with Crippen LogP contribution in [0.25, 0.3) is 0 Å². The molecular weight excluding hydrogens is 453 g/mol. The molecule has 0 aliphatic heterocycles. The van der Waals surface area contributed by atoms with E-state index in [0.717, 1.165) is 44.9 Å². The van der Waals surface area contributed by atoms with Gasteiger partial charge in [0.05, 0.1) is 34.4 Å². The van der Waals surface area contributed by atoms with E-state index in [0.29, 0.717) is 24.1 Å². The van der Waals surface area contributed by atoms with Crippen LogP contribution >= 0.6 is 7.82 Å². The summed E-state index contributed by atoms with van der Waals surface area (Å²) in [6.45, 7) is 2.88. The molecule has 206 valence electrons. The van der Waals surface area contributed by atoms with Gasteiger partial charge in [0.15, 0.2) is 0 Å². The predicted octanol–water partition coefficient (Wildman–Crippen LogP) is 6.47. The van der Waals surface area contributed by atoms with Crippen LogP contribution in [0.2, 0.25) is 0 Å². The van der Waals surface area contributed by atoms with Crippen LogP contribution in [0.1, 0.15) is 115 Å². The van der Waals surface area contributed by atoms with Gasteiger partial charge in [0.1, 0.15) is 19.3 Å². The number of nitrogens with zero attached hydrogens (tertiary/aromatic N) is 1. The molecule has 0 saturated heterocycles. The van der Waals surface area contributed by atoms with Crippen LogP contribution in [0.4, 0.5) is 0 Å². The predicted molar refractivity (Wildman–Crippen MR) is 141 cm³/mol. The Morgan fingerprint density at radius 2 is 1.26 bits per heavy atom. The van der Waals surface area contributed by atoms with Crippen LogP contribution in [0.5, 0.6) is 0 Å². The summed E-state index contributed by atoms with van der Waals surface area (Å²) in [5, 5.41) is 9.89. The van der Waals surface area contributed by atoms with Crippen LogP contribution in [0.15, 0.2) is 0 Å². The van der Waals surface area contributed by atoms with Gasteiger partial charge in [-0.1, -0.05) is 103 Å². The Bertz CT molecular complexity index is 637. The van der Waals surface area contributed by atoms with Crippen LogP contribution in [-0.4, -0.2) is 74.7 Å². The molecule has 0 radical (unpaired) electrons. The summed E-state index contributed by atoms with van der Waals surface area (Å²) in [6, 6.07) is 0. The average molecular weight is 515 g/mol. The molecule has 34 heavy (non-hydrogen) atoms. The number of rotatable bonds is 26. The zero-order chi connectivity index (χ0) is 29.1. The molecule has 0 rings (SSSR count). The lowest BCUT2D eigenvalue weighted by Gasteiger charge is -2.24. The molecule has 2 atom stereocenters. The fraction of sp³-hybridized carbons (Fsp3) is 1.00. The maximum absolute atomic E-state index is 11.8. The minimum atomic E-state index is -4.20. The average Bonchev–Trinajstić information content (AvgIpc) is 2.80. The molecule has 8 heteroatoms. The van der Waals surface area contributed by atoms with Gasteiger partial charge < -0.3 is 19.2 Å². The van der Waals surface area contributed by atoms with Crippen molar-refractivity contribution in [2.75, 3.05) is 54.1 Å². The quantitative estimate of drug-likeness (QED) is 0.0782. The summed E-state index contributed by atoms with van der Waals surface area (Å²) in [4.78, 5) is 9.66. The standard InChI is InChI=1S/C26H56NO6P/c1-5-6-7-8-9-10-11-12-13-14-15-16-17-18-19-20-22-31-24-26(28)25-33-34(29,30)32-23-21-27(2,3)4/h26,28H,5-25H2,1-4H3/p+1/t26-/m1/s1/i13D2,14D2. The van der Waals surface area contributed by atoms with Crippen LogP contribution < -0.4 is 0 Å². The highest BCUT2D eigenvalue weighted by atomic mass is 31.2. The summed E-state index contributed by atoms with van der Waals surface area (Å²) in [5.74, 6) is 0. The number of aliphatic hydroxyl groups is 1. The number of aliphatic hydroxyl groups excluding tert-OH is 1. The Hall–Kier alpha value is -0.0100. The Labute approximate surface area is 216 Å². The number of phosphoric ester groups is 1. The van der Waals surface area contributed by atoms with E-state index in [1.165, 1.54) is 25.7 Å². The van der Waals surface area contributed by atoms with Gasteiger partial charge in [0.25, 0.3) is 0 Å². The second-order valence-corrected chi connectivity index (χ2v) is 11.5. The minimum Gasteiger partial charge on any atom is -0.388 e. The first-order chi connectivity index (χ1) is 17.6. The third kappa shape index (κ3) is 26.6. The lowest BCUT2D eigenvalue weighted by Crippen LogP contribution is -2.37. The van der Waals surface area contributed by atoms with Crippen LogP contribution in [-0.2, 0) is 18.3 Å². The van der Waals surface area contributed by atoms with E-state index in [-0.39, 0.29) is 32.7 Å². The van der Waals surface area contributed by atoms with Crippen LogP contribution in [0.3, 0.4) is 0 Å². The van der Waals surface area contributed by atoms with Crippen molar-refractivity contribution >= 4 is 7.82 Å². The molecule has 0 fully saturated rings. The number of unbranched alkanes of at least 4 members (excludes halogenated alkanes) is 10. The van der Waals surface area contributed by atoms with E-state index in [2.05, 4.69) is 6.92 Å². The van der Waals surface area contributed by atoms with E-state index in [1.54, 1.807) is 0 Å². The Morgan fingerprint density at radius 1 is 0.765 bits per heavy atom. The van der Waals surface area contributed by atoms with Gasteiger partial charge >= 0.3 is 7.82 Å². The number of hydrogen-bond acceptors (Lipinski definition) is 5. The van der Waals surface area contributed by atoms with Crippen molar-refractivity contribution in [3.63, 3.8) is 0 Å². The summed E-state index contributed by atoms with van der Waals surface area (Å²) >= 11 is 0. The molecule has 0 aliphatic carbocycles. The van der Waals surface area contributed by atoms with Crippen molar-refractivity contribution in [3.05, 3.63) is 0 Å². The smallest absolute Gasteiger partial charge is 0.388 e. The van der Waals surface area contributed by atoms with Gasteiger partial charge in [-0.2, -0.15) is 0 Å². The lowest BCUT2D eigenvalue weighted by molar-refractivity contribution is -0.870. The van der Waals surface area contributed by atoms with E-state index < -0.39 is 26.7 Å². The van der Waals surface area contributed by atoms with Crippen molar-refractivity contribution in [3.8, 4) is 0 Å². The normalized spacial score (nSPS) is 17.5. The third-order valence-corrected chi connectivity index (χ3v) is 6.36. The molecule has 0 saturated carbocycles. The first kappa shape index (κ1) is 27.0. The molecule has 2 N–H and O–H groups in total. The van der Waals surface area contributed by atoms with Gasteiger partial charge in [0.2, 0.25) is 0 Å². The number of quaternary nitrogens is 1. The summed E-state index contributed by atoms with van der Waals surface area (Å²) in [5.41, 5.74) is 0. The van der Waals surface area contributed by atoms with E-state index >= 15 is 0 Å². The maximum Gasteiger partial charge on any atom is 0.472 e. The van der Waals surface area contributed by atoms with Crippen molar-refractivity contribution in [1.82, 2.24) is 0 Å². The van der Waals surface area contributed by atoms with Crippen molar-refractivity contribution < 1.29 is 38.3 Å². The lowest BCUT2D eigenvalue weighted by atomic mass is 10.0. The Kier molecular flexibility index (Phi) is 17.7. The highest BCUT2D eigenvalue weighted by molar-refractivity contribution is 7.47. The molecule has 0 aliphatic rings. The van der Waals surface area contributed by atoms with Gasteiger partial charge in [-0.05, 0) is 6.42 Å². The molecule has 0 amide bonds. The maximum atomic E-state index is 11.8. The summed E-state index contributed by atoms with van der Waals surface area (Å²) in [6.07, 6.45) is 7.63. The summed E-state index contributed by atoms with van der Waals surface area (Å²) in [7, 11) is 1.61. The first-order valence-corrected chi connectivity index (χ1v) is 14.8. The zero-order valence-corrected chi connectivity index (χ0v) is 23.3. The van der Waals surface area contributed by atoms with E-state index in [9.17, 15) is 14.6 Å². The molecule has 0 aromatic heterocycles. The molecule has 0 bridgehead atoms. The monoisotopic (exact) mass is 514 g/mol. The Balaban J connectivity index is 3.83. The topological polar surface area (TPSA) is 85.2 Å². The zero-order valence-electron chi connectivity index (χ0n) is 26.4. The minimum absolute atomic E-state index is 0.00704. The number of hydrogen-bond donors (Lipinski definition) is 2. The van der Waals surface area contributed by atoms with E-state index in [4.69, 9.17) is 19.3 Å². The number of phosphoric acid groups is 1. The molecule has 0 aromatic carbocycles. The Morgan fingerprint density at radius 3 is 1.79 bits per heavy atom. The second-order valence-electron chi connectivity index (χ2n) is 10.1. The van der Waals surface area contributed by atoms with Gasteiger partial charge in [-0.3, -0.25) is 9.05 Å². The molecule has 0 heterocycles. The molecule has 1 unspecified atom stereocenters. The third-order valence-electron chi connectivity index (χ3n) is 5.38. The second kappa shape index (κ2) is 22.2. The van der Waals surface area contributed by atoms with Crippen LogP contribution in [0, 0.1) is 0 Å².